The molecule has 1 saturated heterocycles. The maximum Gasteiger partial charge on any atom is 0.292 e. The monoisotopic (exact) mass is 339 g/mol. The number of nitro groups is 1. The molecule has 1 aromatic rings. The predicted octanol–water partition coefficient (Wildman–Crippen LogP) is 3.42. The van der Waals surface area contributed by atoms with E-state index in [2.05, 4.69) is 32.7 Å². The molecular weight excluding hydrogens is 322 g/mol. The Morgan fingerprint density at radius 2 is 2.20 bits per heavy atom. The molecule has 1 fully saturated rings. The van der Waals surface area contributed by atoms with Crippen LogP contribution >= 0.6 is 15.9 Å². The number of benzene rings is 1. The predicted molar refractivity (Wildman–Crippen MR) is 84.1 cm³/mol. The number of hydrogen-bond acceptors (Lipinski definition) is 4. The number of halogens is 1. The lowest BCUT2D eigenvalue weighted by molar-refractivity contribution is -0.384. The number of nitro benzene ring substituents is 1. The first-order chi connectivity index (χ1) is 9.60. The molecule has 108 valence electrons. The Labute approximate surface area is 126 Å². The molecule has 0 unspecified atom stereocenters. The Morgan fingerprint density at radius 1 is 1.50 bits per heavy atom. The molecule has 6 heteroatoms. The minimum Gasteiger partial charge on any atom is -0.377 e. The van der Waals surface area contributed by atoms with Crippen molar-refractivity contribution in [2.75, 3.05) is 25.0 Å². The number of piperidine rings is 1. The van der Waals surface area contributed by atoms with Gasteiger partial charge in [0.2, 0.25) is 0 Å². The van der Waals surface area contributed by atoms with Gasteiger partial charge in [0, 0.05) is 36.2 Å². The van der Waals surface area contributed by atoms with Gasteiger partial charge < -0.3 is 5.32 Å². The van der Waals surface area contributed by atoms with Crippen LogP contribution in [0.2, 0.25) is 0 Å². The van der Waals surface area contributed by atoms with Crippen LogP contribution in [0.25, 0.3) is 0 Å². The molecule has 1 aliphatic heterocycles. The summed E-state index contributed by atoms with van der Waals surface area (Å²) in [6.45, 7) is 6.63. The summed E-state index contributed by atoms with van der Waals surface area (Å²) in [5.41, 5.74) is 0.716. The number of nitrogens with one attached hydrogen (secondary N) is 1. The second kappa shape index (κ2) is 6.85. The van der Waals surface area contributed by atoms with Gasteiger partial charge in [0.1, 0.15) is 5.69 Å². The highest BCUT2D eigenvalue weighted by molar-refractivity contribution is 9.10. The van der Waals surface area contributed by atoms with Gasteiger partial charge >= 0.3 is 0 Å². The second-order valence-corrected chi connectivity index (χ2v) is 5.84. The van der Waals surface area contributed by atoms with E-state index in [0.717, 1.165) is 36.9 Å². The van der Waals surface area contributed by atoms with Gasteiger partial charge in [-0.3, -0.25) is 15.0 Å². The Balaban J connectivity index is 2.02. The molecule has 1 N–H and O–H groups in total. The van der Waals surface area contributed by atoms with Crippen LogP contribution in [-0.4, -0.2) is 35.5 Å². The summed E-state index contributed by atoms with van der Waals surface area (Å²) in [6.07, 6.45) is 3.88. The third-order valence-electron chi connectivity index (χ3n) is 3.49. The minimum absolute atomic E-state index is 0.127. The molecule has 1 aromatic carbocycles. The summed E-state index contributed by atoms with van der Waals surface area (Å²) in [5.74, 6) is 0. The molecule has 0 amide bonds. The maximum atomic E-state index is 11.0. The first-order valence-electron chi connectivity index (χ1n) is 6.64. The van der Waals surface area contributed by atoms with E-state index in [9.17, 15) is 10.1 Å². The highest BCUT2D eigenvalue weighted by atomic mass is 79.9. The molecular formula is C14H18BrN3O2. The van der Waals surface area contributed by atoms with Crippen molar-refractivity contribution in [1.29, 1.82) is 0 Å². The van der Waals surface area contributed by atoms with Crippen molar-refractivity contribution < 1.29 is 4.92 Å². The zero-order valence-electron chi connectivity index (χ0n) is 11.2. The van der Waals surface area contributed by atoms with E-state index >= 15 is 0 Å². The molecule has 0 spiro atoms. The van der Waals surface area contributed by atoms with Gasteiger partial charge in [-0.25, -0.2) is 0 Å². The molecule has 0 aromatic heterocycles. The molecule has 2 rings (SSSR count). The summed E-state index contributed by atoms with van der Waals surface area (Å²) in [6, 6.07) is 5.27. The molecule has 20 heavy (non-hydrogen) atoms. The van der Waals surface area contributed by atoms with Gasteiger partial charge in [-0.2, -0.15) is 0 Å². The van der Waals surface area contributed by atoms with Crippen LogP contribution in [0.1, 0.15) is 12.8 Å². The fourth-order valence-electron chi connectivity index (χ4n) is 2.45. The third-order valence-corrected chi connectivity index (χ3v) is 3.98. The summed E-state index contributed by atoms with van der Waals surface area (Å²) < 4.78 is 0.842. The van der Waals surface area contributed by atoms with Crippen molar-refractivity contribution in [2.24, 2.45) is 0 Å². The Kier molecular flexibility index (Phi) is 5.14. The third kappa shape index (κ3) is 3.80. The highest BCUT2D eigenvalue weighted by Gasteiger charge is 2.21. The fraction of sp³-hybridized carbons (Fsp3) is 0.429. The van der Waals surface area contributed by atoms with E-state index in [0.29, 0.717) is 5.69 Å². The average Bonchev–Trinajstić information content (AvgIpc) is 2.41. The quantitative estimate of drug-likeness (QED) is 0.507. The minimum atomic E-state index is -0.346. The number of rotatable bonds is 5. The normalized spacial score (nSPS) is 16.9. The van der Waals surface area contributed by atoms with Gasteiger partial charge in [-0.15, -0.1) is 6.58 Å². The average molecular weight is 340 g/mol. The van der Waals surface area contributed by atoms with Crippen molar-refractivity contribution in [1.82, 2.24) is 4.90 Å². The van der Waals surface area contributed by atoms with Crippen molar-refractivity contribution >= 4 is 27.3 Å². The first-order valence-corrected chi connectivity index (χ1v) is 7.43. The first kappa shape index (κ1) is 15.0. The van der Waals surface area contributed by atoms with Crippen LogP contribution in [0.5, 0.6) is 0 Å². The highest BCUT2D eigenvalue weighted by Crippen LogP contribution is 2.29. The zero-order chi connectivity index (χ0) is 14.5. The SMILES string of the molecule is C=CCN1CCC(Nc2cc(Br)ccc2[N+](=O)[O-])CC1. The molecule has 0 saturated carbocycles. The van der Waals surface area contributed by atoms with Gasteiger partial charge in [-0.1, -0.05) is 22.0 Å². The van der Waals surface area contributed by atoms with Crippen LogP contribution < -0.4 is 5.32 Å². The summed E-state index contributed by atoms with van der Waals surface area (Å²) in [7, 11) is 0. The summed E-state index contributed by atoms with van der Waals surface area (Å²) >= 11 is 3.36. The van der Waals surface area contributed by atoms with Crippen LogP contribution in [0.3, 0.4) is 0 Å². The molecule has 1 aliphatic rings. The molecule has 0 bridgehead atoms. The fourth-order valence-corrected chi connectivity index (χ4v) is 2.81. The van der Waals surface area contributed by atoms with Gasteiger partial charge in [0.25, 0.3) is 5.69 Å². The second-order valence-electron chi connectivity index (χ2n) is 4.93. The number of hydrogen-bond donors (Lipinski definition) is 1. The molecule has 0 atom stereocenters. The number of likely N-dealkylation sites (tertiary alicyclic amines) is 1. The Bertz CT molecular complexity index is 499. The van der Waals surface area contributed by atoms with Crippen molar-refractivity contribution in [2.45, 2.75) is 18.9 Å². The molecule has 0 radical (unpaired) electrons. The largest absolute Gasteiger partial charge is 0.377 e. The number of anilines is 1. The Morgan fingerprint density at radius 3 is 2.80 bits per heavy atom. The van der Waals surface area contributed by atoms with E-state index in [1.165, 1.54) is 6.07 Å². The lowest BCUT2D eigenvalue weighted by atomic mass is 10.0. The standard InChI is InChI=1S/C14H18BrN3O2/c1-2-7-17-8-5-12(6-9-17)16-13-10-11(15)3-4-14(13)18(19)20/h2-4,10,12,16H,1,5-9H2. The van der Waals surface area contributed by atoms with Gasteiger partial charge in [-0.05, 0) is 25.0 Å². The number of nitrogens with zero attached hydrogens (tertiary/aromatic N) is 2. The molecule has 5 nitrogen and oxygen atoms in total. The van der Waals surface area contributed by atoms with E-state index in [-0.39, 0.29) is 16.7 Å². The Hall–Kier alpha value is -1.40. The van der Waals surface area contributed by atoms with Crippen LogP contribution in [0.15, 0.2) is 35.3 Å². The van der Waals surface area contributed by atoms with Gasteiger partial charge in [0.15, 0.2) is 0 Å². The van der Waals surface area contributed by atoms with E-state index < -0.39 is 0 Å². The maximum absolute atomic E-state index is 11.0. The summed E-state index contributed by atoms with van der Waals surface area (Å²) in [4.78, 5) is 13.0. The lowest BCUT2D eigenvalue weighted by Crippen LogP contribution is -2.39. The lowest BCUT2D eigenvalue weighted by Gasteiger charge is -2.32. The van der Waals surface area contributed by atoms with Gasteiger partial charge in [0.05, 0.1) is 4.92 Å². The molecule has 1 heterocycles. The van der Waals surface area contributed by atoms with Crippen molar-refractivity contribution in [3.63, 3.8) is 0 Å². The van der Waals surface area contributed by atoms with E-state index in [1.54, 1.807) is 12.1 Å². The van der Waals surface area contributed by atoms with Crippen molar-refractivity contribution in [3.05, 3.63) is 45.4 Å². The van der Waals surface area contributed by atoms with Crippen LogP contribution in [0.4, 0.5) is 11.4 Å². The zero-order valence-corrected chi connectivity index (χ0v) is 12.8. The van der Waals surface area contributed by atoms with Crippen LogP contribution in [-0.2, 0) is 0 Å². The topological polar surface area (TPSA) is 58.4 Å². The van der Waals surface area contributed by atoms with E-state index in [4.69, 9.17) is 0 Å². The van der Waals surface area contributed by atoms with E-state index in [1.807, 2.05) is 6.08 Å². The smallest absolute Gasteiger partial charge is 0.292 e. The van der Waals surface area contributed by atoms with Crippen molar-refractivity contribution in [3.8, 4) is 0 Å². The molecule has 0 aliphatic carbocycles. The van der Waals surface area contributed by atoms with Crippen LogP contribution in [0, 0.1) is 10.1 Å². The summed E-state index contributed by atoms with van der Waals surface area (Å²) in [5, 5.41) is 14.4.